The van der Waals surface area contributed by atoms with E-state index < -0.39 is 0 Å². The third-order valence-corrected chi connectivity index (χ3v) is 4.86. The molecule has 1 N–H and O–H groups in total. The van der Waals surface area contributed by atoms with Gasteiger partial charge in [-0.2, -0.15) is 0 Å². The monoisotopic (exact) mass is 290 g/mol. The molecule has 3 heteroatoms. The molecule has 1 aliphatic carbocycles. The van der Waals surface area contributed by atoms with Crippen molar-refractivity contribution in [1.29, 1.82) is 0 Å². The summed E-state index contributed by atoms with van der Waals surface area (Å²) in [6, 6.07) is 8.00. The van der Waals surface area contributed by atoms with Gasteiger partial charge in [0.15, 0.2) is 0 Å². The van der Waals surface area contributed by atoms with Gasteiger partial charge in [0, 0.05) is 6.61 Å². The van der Waals surface area contributed by atoms with E-state index in [9.17, 15) is 0 Å². The molecule has 1 heterocycles. The quantitative estimate of drug-likeness (QED) is 0.902. The van der Waals surface area contributed by atoms with Gasteiger partial charge < -0.3 is 14.6 Å². The van der Waals surface area contributed by atoms with E-state index in [2.05, 4.69) is 0 Å². The highest BCUT2D eigenvalue weighted by Gasteiger charge is 2.40. The smallest absolute Gasteiger partial charge is 0.119 e. The Morgan fingerprint density at radius 1 is 1.10 bits per heavy atom. The zero-order valence-corrected chi connectivity index (χ0v) is 12.7. The predicted molar refractivity (Wildman–Crippen MR) is 82.6 cm³/mol. The lowest BCUT2D eigenvalue weighted by atomic mass is 9.83. The Labute approximate surface area is 127 Å². The fraction of sp³-hybridized carbons (Fsp3) is 0.667. The molecule has 1 unspecified atom stereocenters. The Balaban J connectivity index is 1.47. The molecule has 3 nitrogen and oxygen atoms in total. The lowest BCUT2D eigenvalue weighted by molar-refractivity contribution is -0.0748. The summed E-state index contributed by atoms with van der Waals surface area (Å²) in [4.78, 5) is 0. The number of rotatable bonds is 5. The second kappa shape index (κ2) is 6.80. The van der Waals surface area contributed by atoms with Gasteiger partial charge in [-0.15, -0.1) is 0 Å². The molecule has 2 aliphatic rings. The van der Waals surface area contributed by atoms with Crippen LogP contribution in [-0.4, -0.2) is 30.0 Å². The van der Waals surface area contributed by atoms with Crippen LogP contribution in [0.5, 0.6) is 5.75 Å². The van der Waals surface area contributed by atoms with Gasteiger partial charge in [-0.25, -0.2) is 0 Å². The van der Waals surface area contributed by atoms with Crippen LogP contribution < -0.4 is 4.74 Å². The van der Waals surface area contributed by atoms with Crippen LogP contribution in [0, 0.1) is 0 Å². The zero-order chi connectivity index (χ0) is 14.5. The largest absolute Gasteiger partial charge is 0.491 e. The Morgan fingerprint density at radius 3 is 2.57 bits per heavy atom. The number of hydrogen-bond acceptors (Lipinski definition) is 3. The Kier molecular flexibility index (Phi) is 4.81. The number of ether oxygens (including phenoxy) is 2. The second-order valence-corrected chi connectivity index (χ2v) is 6.45. The van der Waals surface area contributed by atoms with E-state index in [1.165, 1.54) is 38.5 Å². The minimum Gasteiger partial charge on any atom is -0.491 e. The highest BCUT2D eigenvalue weighted by Crippen LogP contribution is 2.41. The molecule has 1 aromatic carbocycles. The van der Waals surface area contributed by atoms with E-state index >= 15 is 0 Å². The molecular formula is C18H26O3. The van der Waals surface area contributed by atoms with Crippen LogP contribution in [0.3, 0.4) is 0 Å². The fourth-order valence-electron chi connectivity index (χ4n) is 3.65. The van der Waals surface area contributed by atoms with Crippen LogP contribution >= 0.6 is 0 Å². The van der Waals surface area contributed by atoms with Gasteiger partial charge >= 0.3 is 0 Å². The zero-order valence-electron chi connectivity index (χ0n) is 12.7. The molecule has 21 heavy (non-hydrogen) atoms. The summed E-state index contributed by atoms with van der Waals surface area (Å²) in [5, 5.41) is 8.91. The SMILES string of the molecule is OCCc1ccc(OCC2CCC3(CCCCC3)O2)cc1. The summed E-state index contributed by atoms with van der Waals surface area (Å²) in [6.45, 7) is 0.847. The highest BCUT2D eigenvalue weighted by molar-refractivity contribution is 5.27. The molecule has 1 saturated carbocycles. The number of benzene rings is 1. The third kappa shape index (κ3) is 3.78. The topological polar surface area (TPSA) is 38.7 Å². The van der Waals surface area contributed by atoms with E-state index in [1.54, 1.807) is 0 Å². The molecule has 3 rings (SSSR count). The first kappa shape index (κ1) is 14.9. The third-order valence-electron chi connectivity index (χ3n) is 4.86. The minimum atomic E-state index is 0.178. The predicted octanol–water partition coefficient (Wildman–Crippen LogP) is 3.48. The van der Waals surface area contributed by atoms with E-state index in [4.69, 9.17) is 14.6 Å². The maximum absolute atomic E-state index is 8.91. The average molecular weight is 290 g/mol. The lowest BCUT2D eigenvalue weighted by Gasteiger charge is -2.33. The first-order chi connectivity index (χ1) is 10.3. The molecule has 0 amide bonds. The van der Waals surface area contributed by atoms with Crippen LogP contribution in [0.1, 0.15) is 50.5 Å². The van der Waals surface area contributed by atoms with Crippen molar-refractivity contribution in [2.45, 2.75) is 63.1 Å². The van der Waals surface area contributed by atoms with E-state index in [0.717, 1.165) is 17.7 Å². The van der Waals surface area contributed by atoms with Crippen molar-refractivity contribution in [1.82, 2.24) is 0 Å². The minimum absolute atomic E-state index is 0.178. The van der Waals surface area contributed by atoms with Crippen LogP contribution in [0.2, 0.25) is 0 Å². The summed E-state index contributed by atoms with van der Waals surface area (Å²) in [6.07, 6.45) is 9.76. The summed E-state index contributed by atoms with van der Waals surface area (Å²) in [5.74, 6) is 0.893. The van der Waals surface area contributed by atoms with Crippen molar-refractivity contribution >= 4 is 0 Å². The molecule has 2 fully saturated rings. The molecule has 1 atom stereocenters. The standard InChI is InChI=1S/C18H26O3/c19-13-9-15-4-6-16(7-5-15)20-14-17-8-12-18(21-17)10-2-1-3-11-18/h4-7,17,19H,1-3,8-14H2. The van der Waals surface area contributed by atoms with Crippen LogP contribution in [0.25, 0.3) is 0 Å². The number of aliphatic hydroxyl groups excluding tert-OH is 1. The van der Waals surface area contributed by atoms with E-state index in [0.29, 0.717) is 13.0 Å². The first-order valence-corrected chi connectivity index (χ1v) is 8.30. The lowest BCUT2D eigenvalue weighted by Crippen LogP contribution is -2.32. The molecule has 0 radical (unpaired) electrons. The molecule has 0 aromatic heterocycles. The summed E-state index contributed by atoms with van der Waals surface area (Å²) < 4.78 is 12.2. The maximum Gasteiger partial charge on any atom is 0.119 e. The highest BCUT2D eigenvalue weighted by atomic mass is 16.6. The van der Waals surface area contributed by atoms with Gasteiger partial charge in [-0.1, -0.05) is 31.4 Å². The van der Waals surface area contributed by atoms with E-state index in [1.807, 2.05) is 24.3 Å². The van der Waals surface area contributed by atoms with E-state index in [-0.39, 0.29) is 18.3 Å². The van der Waals surface area contributed by atoms with Gasteiger partial charge in [-0.05, 0) is 49.8 Å². The number of aliphatic hydroxyl groups is 1. The molecule has 1 spiro atoms. The Bertz CT molecular complexity index is 434. The number of hydrogen-bond donors (Lipinski definition) is 1. The molecule has 116 valence electrons. The van der Waals surface area contributed by atoms with Crippen molar-refractivity contribution in [3.8, 4) is 5.75 Å². The van der Waals surface area contributed by atoms with Crippen molar-refractivity contribution in [2.24, 2.45) is 0 Å². The maximum atomic E-state index is 8.91. The second-order valence-electron chi connectivity index (χ2n) is 6.45. The van der Waals surface area contributed by atoms with Crippen molar-refractivity contribution < 1.29 is 14.6 Å². The van der Waals surface area contributed by atoms with Crippen LogP contribution in [-0.2, 0) is 11.2 Å². The summed E-state index contributed by atoms with van der Waals surface area (Å²) >= 11 is 0. The van der Waals surface area contributed by atoms with Gasteiger partial charge in [0.25, 0.3) is 0 Å². The molecule has 0 bridgehead atoms. The average Bonchev–Trinajstić information content (AvgIpc) is 2.90. The first-order valence-electron chi connectivity index (χ1n) is 8.30. The van der Waals surface area contributed by atoms with Gasteiger partial charge in [0.2, 0.25) is 0 Å². The molecular weight excluding hydrogens is 264 g/mol. The summed E-state index contributed by atoms with van der Waals surface area (Å²) in [5.41, 5.74) is 1.32. The van der Waals surface area contributed by atoms with Crippen LogP contribution in [0.4, 0.5) is 0 Å². The molecule has 1 saturated heterocycles. The van der Waals surface area contributed by atoms with Gasteiger partial charge in [-0.3, -0.25) is 0 Å². The van der Waals surface area contributed by atoms with Crippen molar-refractivity contribution in [3.05, 3.63) is 29.8 Å². The van der Waals surface area contributed by atoms with Crippen molar-refractivity contribution in [2.75, 3.05) is 13.2 Å². The normalized spacial score (nSPS) is 24.3. The fourth-order valence-corrected chi connectivity index (χ4v) is 3.65. The van der Waals surface area contributed by atoms with Gasteiger partial charge in [0.05, 0.1) is 11.7 Å². The van der Waals surface area contributed by atoms with Crippen LogP contribution in [0.15, 0.2) is 24.3 Å². The molecule has 1 aromatic rings. The Hall–Kier alpha value is -1.06. The Morgan fingerprint density at radius 2 is 1.86 bits per heavy atom. The van der Waals surface area contributed by atoms with Crippen molar-refractivity contribution in [3.63, 3.8) is 0 Å². The molecule has 1 aliphatic heterocycles. The summed E-state index contributed by atoms with van der Waals surface area (Å²) in [7, 11) is 0. The van der Waals surface area contributed by atoms with Gasteiger partial charge in [0.1, 0.15) is 12.4 Å².